The fraction of sp³-hybridized carbons (Fsp3) is 1.00. The van der Waals surface area contributed by atoms with Gasteiger partial charge in [0.2, 0.25) is 0 Å². The average molecular weight is 158 g/mol. The Balaban J connectivity index is 3.52. The molecule has 0 aromatic heterocycles. The second-order valence-electron chi connectivity index (χ2n) is 3.64. The van der Waals surface area contributed by atoms with Crippen molar-refractivity contribution in [2.24, 2.45) is 5.92 Å². The minimum Gasteiger partial charge on any atom is -0.255 e. The maximum atomic E-state index is 3.40. The van der Waals surface area contributed by atoms with E-state index in [1.165, 1.54) is 0 Å². The molecule has 0 rings (SSSR count). The molecule has 0 amide bonds. The summed E-state index contributed by atoms with van der Waals surface area (Å²) in [6.07, 6.45) is 0. The van der Waals surface area contributed by atoms with Crippen molar-refractivity contribution in [3.8, 4) is 0 Å². The SMILES string of the molecule is CCN(NCC(C)C)C(C)C. The van der Waals surface area contributed by atoms with Gasteiger partial charge < -0.3 is 0 Å². The van der Waals surface area contributed by atoms with Crippen LogP contribution in [0, 0.1) is 5.92 Å². The lowest BCUT2D eigenvalue weighted by atomic mass is 10.2. The Hall–Kier alpha value is -0.0800. The van der Waals surface area contributed by atoms with E-state index >= 15 is 0 Å². The van der Waals surface area contributed by atoms with Crippen molar-refractivity contribution in [3.05, 3.63) is 0 Å². The molecule has 2 heteroatoms. The molecule has 0 saturated carbocycles. The number of hydrogen-bond acceptors (Lipinski definition) is 2. The van der Waals surface area contributed by atoms with Gasteiger partial charge in [-0.15, -0.1) is 0 Å². The van der Waals surface area contributed by atoms with Crippen LogP contribution < -0.4 is 5.43 Å². The van der Waals surface area contributed by atoms with Crippen LogP contribution in [0.5, 0.6) is 0 Å². The van der Waals surface area contributed by atoms with Gasteiger partial charge in [-0.1, -0.05) is 20.8 Å². The molecule has 0 aliphatic carbocycles. The van der Waals surface area contributed by atoms with Gasteiger partial charge in [0.15, 0.2) is 0 Å². The first-order valence-electron chi connectivity index (χ1n) is 4.58. The summed E-state index contributed by atoms with van der Waals surface area (Å²) in [7, 11) is 0. The monoisotopic (exact) mass is 158 g/mol. The summed E-state index contributed by atoms with van der Waals surface area (Å²) in [6, 6.07) is 0.596. The summed E-state index contributed by atoms with van der Waals surface area (Å²) in [5, 5.41) is 2.26. The van der Waals surface area contributed by atoms with Crippen molar-refractivity contribution in [1.29, 1.82) is 0 Å². The zero-order valence-corrected chi connectivity index (χ0v) is 8.52. The largest absolute Gasteiger partial charge is 0.255 e. The second-order valence-corrected chi connectivity index (χ2v) is 3.64. The smallest absolute Gasteiger partial charge is 0.0186 e. The van der Waals surface area contributed by atoms with Gasteiger partial charge in [-0.3, -0.25) is 5.43 Å². The highest BCUT2D eigenvalue weighted by Crippen LogP contribution is 1.94. The molecular weight excluding hydrogens is 136 g/mol. The van der Waals surface area contributed by atoms with Crippen LogP contribution in [0.4, 0.5) is 0 Å². The molecular formula is C9H22N2. The van der Waals surface area contributed by atoms with Gasteiger partial charge in [0.25, 0.3) is 0 Å². The molecule has 11 heavy (non-hydrogen) atoms. The van der Waals surface area contributed by atoms with Crippen molar-refractivity contribution < 1.29 is 0 Å². The summed E-state index contributed by atoms with van der Waals surface area (Å²) in [6.45, 7) is 13.2. The Bertz CT molecular complexity index is 89.6. The third-order valence-electron chi connectivity index (χ3n) is 1.67. The Labute approximate surface area is 70.9 Å². The lowest BCUT2D eigenvalue weighted by Gasteiger charge is -2.26. The Morgan fingerprint density at radius 3 is 2.00 bits per heavy atom. The summed E-state index contributed by atoms with van der Waals surface area (Å²) in [5.41, 5.74) is 3.40. The number of hydrazine groups is 1. The summed E-state index contributed by atoms with van der Waals surface area (Å²) in [5.74, 6) is 0.725. The third-order valence-corrected chi connectivity index (χ3v) is 1.67. The minimum absolute atomic E-state index is 0.596. The third kappa shape index (κ3) is 5.22. The van der Waals surface area contributed by atoms with Crippen LogP contribution in [0.25, 0.3) is 0 Å². The van der Waals surface area contributed by atoms with E-state index in [1.54, 1.807) is 0 Å². The summed E-state index contributed by atoms with van der Waals surface area (Å²) >= 11 is 0. The molecule has 0 aliphatic rings. The Morgan fingerprint density at radius 1 is 1.18 bits per heavy atom. The highest BCUT2D eigenvalue weighted by atomic mass is 15.5. The Morgan fingerprint density at radius 2 is 1.73 bits per heavy atom. The van der Waals surface area contributed by atoms with Gasteiger partial charge in [0.1, 0.15) is 0 Å². The molecule has 0 bridgehead atoms. The predicted octanol–water partition coefficient (Wildman–Crippen LogP) is 1.88. The molecule has 1 N–H and O–H groups in total. The number of hydrogen-bond donors (Lipinski definition) is 1. The topological polar surface area (TPSA) is 15.3 Å². The van der Waals surface area contributed by atoms with E-state index in [4.69, 9.17) is 0 Å². The number of rotatable bonds is 5. The van der Waals surface area contributed by atoms with Crippen molar-refractivity contribution >= 4 is 0 Å². The molecule has 0 radical (unpaired) electrons. The first-order valence-corrected chi connectivity index (χ1v) is 4.58. The normalized spacial score (nSPS) is 12.0. The van der Waals surface area contributed by atoms with Crippen LogP contribution in [0.15, 0.2) is 0 Å². The van der Waals surface area contributed by atoms with Crippen LogP contribution in [0.2, 0.25) is 0 Å². The number of nitrogens with zero attached hydrogens (tertiary/aromatic N) is 1. The molecule has 0 aliphatic heterocycles. The lowest BCUT2D eigenvalue weighted by molar-refractivity contribution is 0.145. The average Bonchev–Trinajstić information content (AvgIpc) is 1.87. The van der Waals surface area contributed by atoms with E-state index in [9.17, 15) is 0 Å². The number of nitrogens with one attached hydrogen (secondary N) is 1. The fourth-order valence-corrected chi connectivity index (χ4v) is 0.959. The van der Waals surface area contributed by atoms with E-state index in [0.717, 1.165) is 19.0 Å². The molecule has 0 atom stereocenters. The maximum Gasteiger partial charge on any atom is 0.0186 e. The molecule has 68 valence electrons. The fourth-order valence-electron chi connectivity index (χ4n) is 0.959. The first kappa shape index (κ1) is 10.9. The Kier molecular flexibility index (Phi) is 5.51. The van der Waals surface area contributed by atoms with Crippen LogP contribution >= 0.6 is 0 Å². The van der Waals surface area contributed by atoms with Crippen LogP contribution in [0.1, 0.15) is 34.6 Å². The van der Waals surface area contributed by atoms with Gasteiger partial charge in [-0.05, 0) is 19.8 Å². The minimum atomic E-state index is 0.596. The first-order chi connectivity index (χ1) is 5.07. The van der Waals surface area contributed by atoms with Gasteiger partial charge in [-0.2, -0.15) is 0 Å². The lowest BCUT2D eigenvalue weighted by Crippen LogP contribution is -2.44. The molecule has 0 heterocycles. The van der Waals surface area contributed by atoms with Gasteiger partial charge in [0, 0.05) is 19.1 Å². The van der Waals surface area contributed by atoms with E-state index in [-0.39, 0.29) is 0 Å². The molecule has 2 nitrogen and oxygen atoms in total. The van der Waals surface area contributed by atoms with Crippen LogP contribution in [-0.4, -0.2) is 24.1 Å². The van der Waals surface area contributed by atoms with E-state index < -0.39 is 0 Å². The summed E-state index contributed by atoms with van der Waals surface area (Å²) < 4.78 is 0. The standard InChI is InChI=1S/C9H22N2/c1-6-11(9(4)5)10-7-8(2)3/h8-10H,6-7H2,1-5H3. The van der Waals surface area contributed by atoms with Crippen molar-refractivity contribution in [3.63, 3.8) is 0 Å². The van der Waals surface area contributed by atoms with E-state index in [0.29, 0.717) is 6.04 Å². The van der Waals surface area contributed by atoms with E-state index in [2.05, 4.69) is 45.1 Å². The summed E-state index contributed by atoms with van der Waals surface area (Å²) in [4.78, 5) is 0. The molecule has 0 spiro atoms. The second kappa shape index (κ2) is 5.56. The van der Waals surface area contributed by atoms with Crippen LogP contribution in [0.3, 0.4) is 0 Å². The molecule has 0 saturated heterocycles. The van der Waals surface area contributed by atoms with Gasteiger partial charge >= 0.3 is 0 Å². The predicted molar refractivity (Wildman–Crippen MR) is 50.4 cm³/mol. The van der Waals surface area contributed by atoms with Gasteiger partial charge in [0.05, 0.1) is 0 Å². The van der Waals surface area contributed by atoms with Crippen molar-refractivity contribution in [1.82, 2.24) is 10.4 Å². The highest BCUT2D eigenvalue weighted by molar-refractivity contribution is 4.56. The molecule has 0 unspecified atom stereocenters. The molecule has 0 fully saturated rings. The zero-order chi connectivity index (χ0) is 8.85. The molecule has 0 aromatic rings. The maximum absolute atomic E-state index is 3.40. The van der Waals surface area contributed by atoms with Crippen molar-refractivity contribution in [2.75, 3.05) is 13.1 Å². The van der Waals surface area contributed by atoms with Crippen molar-refractivity contribution in [2.45, 2.75) is 40.7 Å². The highest BCUT2D eigenvalue weighted by Gasteiger charge is 2.05. The quantitative estimate of drug-likeness (QED) is 0.615. The van der Waals surface area contributed by atoms with Gasteiger partial charge in [-0.25, -0.2) is 5.01 Å². The zero-order valence-electron chi connectivity index (χ0n) is 8.52. The van der Waals surface area contributed by atoms with E-state index in [1.807, 2.05) is 0 Å². The van der Waals surface area contributed by atoms with Crippen LogP contribution in [-0.2, 0) is 0 Å². The molecule has 0 aromatic carbocycles.